The Morgan fingerprint density at radius 2 is 1.58 bits per heavy atom. The number of nitrogens with one attached hydrogen (secondary N) is 2. The number of pyridine rings is 1. The molecule has 1 heterocycles. The van der Waals surface area contributed by atoms with Crippen LogP contribution in [0.2, 0.25) is 10.0 Å². The smallest absolute Gasteiger partial charge is 0.319 e. The second-order valence-electron chi connectivity index (χ2n) is 8.34. The third-order valence-corrected chi connectivity index (χ3v) is 5.60. The molecular formula is C24H26Cl2N4O3. The van der Waals surface area contributed by atoms with Crippen molar-refractivity contribution < 1.29 is 14.2 Å². The Morgan fingerprint density at radius 3 is 2.15 bits per heavy atom. The molecule has 0 bridgehead atoms. The number of carbonyl (C=O) groups is 1. The van der Waals surface area contributed by atoms with Crippen LogP contribution >= 0.6 is 23.2 Å². The van der Waals surface area contributed by atoms with E-state index in [9.17, 15) is 15.2 Å². The van der Waals surface area contributed by atoms with Gasteiger partial charge in [0.1, 0.15) is 0 Å². The van der Waals surface area contributed by atoms with Crippen LogP contribution in [0.5, 0.6) is 0 Å². The maximum absolute atomic E-state index is 12.4. The molecule has 2 amide bonds. The fourth-order valence-corrected chi connectivity index (χ4v) is 3.95. The van der Waals surface area contributed by atoms with Crippen LogP contribution in [0.1, 0.15) is 17.9 Å². The number of quaternary nitrogens is 1. The minimum Gasteiger partial charge on any atom is -0.633 e. The molecule has 0 aliphatic heterocycles. The van der Waals surface area contributed by atoms with Crippen molar-refractivity contribution in [3.05, 3.63) is 93.0 Å². The minimum atomic E-state index is -0.416. The van der Waals surface area contributed by atoms with Crippen molar-refractivity contribution in [2.75, 3.05) is 32.5 Å². The van der Waals surface area contributed by atoms with Gasteiger partial charge < -0.3 is 25.7 Å². The van der Waals surface area contributed by atoms with Gasteiger partial charge in [-0.3, -0.25) is 0 Å². The lowest BCUT2D eigenvalue weighted by Gasteiger charge is -2.35. The van der Waals surface area contributed by atoms with Gasteiger partial charge in [0.05, 0.1) is 20.6 Å². The molecule has 9 heteroatoms. The van der Waals surface area contributed by atoms with Gasteiger partial charge in [-0.25, -0.2) is 4.79 Å². The lowest BCUT2D eigenvalue weighted by molar-refractivity contribution is -0.840. The van der Waals surface area contributed by atoms with Crippen LogP contribution in [0.15, 0.2) is 67.0 Å². The Kier molecular flexibility index (Phi) is 8.15. The Bertz CT molecular complexity index is 1060. The zero-order chi connectivity index (χ0) is 24.0. The second-order valence-corrected chi connectivity index (χ2v) is 9.22. The fourth-order valence-electron chi connectivity index (χ4n) is 3.42. The highest BCUT2D eigenvalue weighted by molar-refractivity contribution is 6.35. The molecule has 0 saturated heterocycles. The number of nitrogens with zero attached hydrogens (tertiary/aromatic N) is 2. The average Bonchev–Trinajstić information content (AvgIpc) is 2.73. The van der Waals surface area contributed by atoms with Gasteiger partial charge in [-0.2, -0.15) is 4.73 Å². The van der Waals surface area contributed by atoms with Gasteiger partial charge in [-0.1, -0.05) is 47.5 Å². The van der Waals surface area contributed by atoms with Crippen LogP contribution < -0.4 is 15.4 Å². The molecule has 0 aliphatic carbocycles. The number of urea groups is 1. The van der Waals surface area contributed by atoms with Crippen LogP contribution in [0.3, 0.4) is 0 Å². The van der Waals surface area contributed by atoms with Crippen LogP contribution in [-0.4, -0.2) is 37.9 Å². The zero-order valence-corrected chi connectivity index (χ0v) is 19.9. The molecule has 3 aromatic rings. The molecule has 2 N–H and O–H groups in total. The Labute approximate surface area is 203 Å². The first-order valence-corrected chi connectivity index (χ1v) is 11.2. The highest BCUT2D eigenvalue weighted by Crippen LogP contribution is 2.25. The molecule has 1 aromatic heterocycles. The molecule has 1 atom stereocenters. The van der Waals surface area contributed by atoms with Crippen molar-refractivity contribution in [3.63, 3.8) is 0 Å². The zero-order valence-electron chi connectivity index (χ0n) is 18.4. The number of hydrogen-bond acceptors (Lipinski definition) is 3. The third-order valence-electron chi connectivity index (χ3n) is 5.16. The lowest BCUT2D eigenvalue weighted by atomic mass is 9.93. The number of benzene rings is 2. The first kappa shape index (κ1) is 24.8. The van der Waals surface area contributed by atoms with E-state index in [0.717, 1.165) is 21.4 Å². The number of carbonyl (C=O) groups excluding carboxylic acids is 1. The molecule has 0 fully saturated rings. The first-order chi connectivity index (χ1) is 15.6. The number of halogens is 2. The number of aromatic nitrogens is 1. The van der Waals surface area contributed by atoms with Gasteiger partial charge in [0.25, 0.3) is 0 Å². The van der Waals surface area contributed by atoms with E-state index in [1.807, 2.05) is 24.3 Å². The summed E-state index contributed by atoms with van der Waals surface area (Å²) in [5.41, 5.74) is 3.40. The molecule has 0 aliphatic rings. The maximum atomic E-state index is 12.4. The van der Waals surface area contributed by atoms with Crippen molar-refractivity contribution in [2.24, 2.45) is 0 Å². The molecule has 2 aromatic carbocycles. The van der Waals surface area contributed by atoms with E-state index in [2.05, 4.69) is 10.6 Å². The van der Waals surface area contributed by atoms with Crippen LogP contribution in [0.25, 0.3) is 11.1 Å². The molecule has 1 unspecified atom stereocenters. The van der Waals surface area contributed by atoms with Crippen molar-refractivity contribution in [1.29, 1.82) is 0 Å². The van der Waals surface area contributed by atoms with Crippen molar-refractivity contribution in [2.45, 2.75) is 12.3 Å². The lowest BCUT2D eigenvalue weighted by Crippen LogP contribution is -2.37. The minimum absolute atomic E-state index is 0.0568. The number of amides is 2. The van der Waals surface area contributed by atoms with Crippen molar-refractivity contribution in [1.82, 2.24) is 5.32 Å². The Balaban J connectivity index is 1.69. The fraction of sp³-hybridized carbons (Fsp3) is 0.250. The number of hydrogen-bond donors (Lipinski definition) is 2. The van der Waals surface area contributed by atoms with Crippen LogP contribution in [0, 0.1) is 10.4 Å². The molecule has 7 nitrogen and oxygen atoms in total. The van der Waals surface area contributed by atoms with Crippen LogP contribution in [0.4, 0.5) is 10.5 Å². The maximum Gasteiger partial charge on any atom is 0.319 e. The highest BCUT2D eigenvalue weighted by atomic mass is 35.5. The standard InChI is InChI=1S/C24H26Cl2N4O3/c1-30(2,33)12-9-20(16-27-24(31)28-23-14-21(25)13-22(26)15-23)18-5-3-17(4-6-18)19-7-10-29(32)11-8-19/h3-8,10-11,13-15,20H,9,12,16H2,1-2H3,(H2,27,28,31). The van der Waals surface area contributed by atoms with Gasteiger partial charge >= 0.3 is 6.03 Å². The normalized spacial score (nSPS) is 12.3. The summed E-state index contributed by atoms with van der Waals surface area (Å²) in [6.07, 6.45) is 3.51. The predicted molar refractivity (Wildman–Crippen MR) is 132 cm³/mol. The quantitative estimate of drug-likeness (QED) is 0.198. The first-order valence-electron chi connectivity index (χ1n) is 10.4. The average molecular weight is 489 g/mol. The highest BCUT2D eigenvalue weighted by Gasteiger charge is 2.17. The molecule has 0 radical (unpaired) electrons. The largest absolute Gasteiger partial charge is 0.633 e. The van der Waals surface area contributed by atoms with Gasteiger partial charge in [-0.05, 0) is 34.9 Å². The van der Waals surface area contributed by atoms with E-state index in [4.69, 9.17) is 23.2 Å². The molecule has 0 spiro atoms. The van der Waals surface area contributed by atoms with Crippen LogP contribution in [-0.2, 0) is 0 Å². The van der Waals surface area contributed by atoms with Gasteiger partial charge in [0.2, 0.25) is 0 Å². The summed E-state index contributed by atoms with van der Waals surface area (Å²) < 4.78 is 0.325. The summed E-state index contributed by atoms with van der Waals surface area (Å²) in [4.78, 5) is 12.4. The van der Waals surface area contributed by atoms with E-state index >= 15 is 0 Å². The molecule has 33 heavy (non-hydrogen) atoms. The van der Waals surface area contributed by atoms with E-state index in [1.165, 1.54) is 12.4 Å². The van der Waals surface area contributed by atoms with E-state index in [-0.39, 0.29) is 11.9 Å². The molecule has 174 valence electrons. The van der Waals surface area contributed by atoms with Crippen molar-refractivity contribution >= 4 is 34.9 Å². The summed E-state index contributed by atoms with van der Waals surface area (Å²) in [5, 5.41) is 29.8. The Morgan fingerprint density at radius 1 is 1.00 bits per heavy atom. The predicted octanol–water partition coefficient (Wildman–Crippen LogP) is 5.16. The number of anilines is 1. The molecular weight excluding hydrogens is 463 g/mol. The summed E-state index contributed by atoms with van der Waals surface area (Å²) in [7, 11) is 3.20. The van der Waals surface area contributed by atoms with Gasteiger partial charge in [-0.15, -0.1) is 0 Å². The second kappa shape index (κ2) is 10.9. The monoisotopic (exact) mass is 488 g/mol. The summed E-state index contributed by atoms with van der Waals surface area (Å²) in [6.45, 7) is 0.753. The third kappa shape index (κ3) is 7.91. The Hall–Kier alpha value is -2.84. The van der Waals surface area contributed by atoms with Crippen molar-refractivity contribution in [3.8, 4) is 11.1 Å². The van der Waals surface area contributed by atoms with E-state index in [0.29, 0.717) is 35.2 Å². The van der Waals surface area contributed by atoms with E-state index < -0.39 is 4.65 Å². The SMILES string of the molecule is C[N+](C)([O-])CCC(CNC(=O)Nc1cc(Cl)cc(Cl)c1)c1ccc(-c2cc[n+]([O-])cc2)cc1. The van der Waals surface area contributed by atoms with Gasteiger partial charge in [0.15, 0.2) is 12.4 Å². The topological polar surface area (TPSA) is 91.1 Å². The number of rotatable bonds is 8. The summed E-state index contributed by atoms with van der Waals surface area (Å²) in [5.74, 6) is -0.0568. The number of hydroxylamine groups is 3. The van der Waals surface area contributed by atoms with Gasteiger partial charge in [0, 0.05) is 46.7 Å². The van der Waals surface area contributed by atoms with E-state index in [1.54, 1.807) is 44.4 Å². The molecule has 3 rings (SSSR count). The molecule has 0 saturated carbocycles. The summed E-state index contributed by atoms with van der Waals surface area (Å²) in [6, 6.07) is 15.8. The summed E-state index contributed by atoms with van der Waals surface area (Å²) >= 11 is 12.0.